The summed E-state index contributed by atoms with van der Waals surface area (Å²) in [6.45, 7) is 3.93. The Labute approximate surface area is 142 Å². The Hall–Kier alpha value is -2.79. The van der Waals surface area contributed by atoms with Crippen molar-refractivity contribution in [3.8, 4) is 6.07 Å². The van der Waals surface area contributed by atoms with E-state index in [0.717, 1.165) is 5.56 Å². The van der Waals surface area contributed by atoms with Crippen LogP contribution >= 0.6 is 11.8 Å². The van der Waals surface area contributed by atoms with Crippen LogP contribution in [-0.4, -0.2) is 26.0 Å². The summed E-state index contributed by atoms with van der Waals surface area (Å²) >= 11 is 1.48. The Kier molecular flexibility index (Phi) is 4.53. The summed E-state index contributed by atoms with van der Waals surface area (Å²) < 4.78 is 0. The minimum atomic E-state index is -0.249. The maximum Gasteiger partial charge on any atom is 0.278 e. The first kappa shape index (κ1) is 16.1. The molecule has 7 nitrogen and oxygen atoms in total. The lowest BCUT2D eigenvalue weighted by Gasteiger charge is -2.07. The first-order valence-electron chi connectivity index (χ1n) is 7.43. The molecule has 0 bridgehead atoms. The predicted molar refractivity (Wildman–Crippen MR) is 94.0 cm³/mol. The van der Waals surface area contributed by atoms with Gasteiger partial charge in [0.1, 0.15) is 0 Å². The summed E-state index contributed by atoms with van der Waals surface area (Å²) in [6, 6.07) is 9.63. The number of hydrogen-bond acceptors (Lipinski definition) is 6. The first-order chi connectivity index (χ1) is 11.5. The van der Waals surface area contributed by atoms with E-state index in [1.807, 2.05) is 26.0 Å². The Morgan fingerprint density at radius 2 is 2.00 bits per heavy atom. The third kappa shape index (κ3) is 3.58. The van der Waals surface area contributed by atoms with Crippen molar-refractivity contribution in [3.05, 3.63) is 45.7 Å². The number of hydrogen-bond donors (Lipinski definition) is 3. The van der Waals surface area contributed by atoms with E-state index in [1.54, 1.807) is 12.1 Å². The molecule has 1 aromatic carbocycles. The standard InChI is InChI=1S/C16H16N6OS/c1-9(2)18-15-20-13-12(14(23)22-15)19-16(21-13)24-8-11-5-3-10(7-17)4-6-11/h3-6,9H,8H2,1-2H3,(H3,18,19,20,21,22,23). The predicted octanol–water partition coefficient (Wildman–Crippen LogP) is 2.63. The number of aromatic amines is 2. The molecular formula is C16H16N6OS. The van der Waals surface area contributed by atoms with Crippen LogP contribution in [0.15, 0.2) is 34.2 Å². The van der Waals surface area contributed by atoms with E-state index < -0.39 is 0 Å². The van der Waals surface area contributed by atoms with Crippen LogP contribution in [0.2, 0.25) is 0 Å². The second-order valence-corrected chi connectivity index (χ2v) is 6.52. The van der Waals surface area contributed by atoms with Crippen molar-refractivity contribution in [2.75, 3.05) is 5.32 Å². The number of rotatable bonds is 5. The lowest BCUT2D eigenvalue weighted by molar-refractivity contribution is 0.874. The van der Waals surface area contributed by atoms with Gasteiger partial charge in [-0.3, -0.25) is 9.78 Å². The molecule has 0 aliphatic heterocycles. The fourth-order valence-electron chi connectivity index (χ4n) is 2.12. The lowest BCUT2D eigenvalue weighted by Crippen LogP contribution is -2.17. The Balaban J connectivity index is 1.78. The highest BCUT2D eigenvalue weighted by molar-refractivity contribution is 7.98. The lowest BCUT2D eigenvalue weighted by atomic mass is 10.2. The van der Waals surface area contributed by atoms with Gasteiger partial charge < -0.3 is 10.3 Å². The number of thioether (sulfide) groups is 1. The van der Waals surface area contributed by atoms with E-state index in [1.165, 1.54) is 11.8 Å². The number of nitriles is 1. The molecule has 2 aromatic heterocycles. The van der Waals surface area contributed by atoms with Gasteiger partial charge in [-0.1, -0.05) is 23.9 Å². The number of aromatic nitrogens is 4. The molecule has 0 aliphatic carbocycles. The summed E-state index contributed by atoms with van der Waals surface area (Å²) in [5, 5.41) is 12.5. The van der Waals surface area contributed by atoms with Crippen molar-refractivity contribution in [2.45, 2.75) is 30.8 Å². The molecule has 0 spiro atoms. The van der Waals surface area contributed by atoms with Crippen molar-refractivity contribution >= 4 is 28.9 Å². The number of anilines is 1. The summed E-state index contributed by atoms with van der Waals surface area (Å²) in [4.78, 5) is 26.5. The molecule has 0 saturated carbocycles. The average Bonchev–Trinajstić information content (AvgIpc) is 2.96. The highest BCUT2D eigenvalue weighted by atomic mass is 32.2. The van der Waals surface area contributed by atoms with Crippen molar-refractivity contribution in [1.29, 1.82) is 5.26 Å². The van der Waals surface area contributed by atoms with E-state index >= 15 is 0 Å². The number of nitrogens with zero attached hydrogens (tertiary/aromatic N) is 3. The van der Waals surface area contributed by atoms with Crippen LogP contribution in [0, 0.1) is 11.3 Å². The maximum atomic E-state index is 12.1. The first-order valence-corrected chi connectivity index (χ1v) is 8.42. The molecule has 3 N–H and O–H groups in total. The van der Waals surface area contributed by atoms with Crippen LogP contribution in [0.1, 0.15) is 25.0 Å². The second kappa shape index (κ2) is 6.76. The fraction of sp³-hybridized carbons (Fsp3) is 0.250. The summed E-state index contributed by atoms with van der Waals surface area (Å²) in [6.07, 6.45) is 0. The molecule has 0 unspecified atom stereocenters. The molecule has 0 aliphatic rings. The van der Waals surface area contributed by atoms with Gasteiger partial charge in [-0.2, -0.15) is 10.2 Å². The van der Waals surface area contributed by atoms with Crippen molar-refractivity contribution in [2.24, 2.45) is 0 Å². The van der Waals surface area contributed by atoms with Gasteiger partial charge in [0, 0.05) is 11.8 Å². The zero-order valence-corrected chi connectivity index (χ0v) is 14.1. The van der Waals surface area contributed by atoms with Gasteiger partial charge in [0.05, 0.1) is 11.6 Å². The largest absolute Gasteiger partial charge is 0.354 e. The molecule has 122 valence electrons. The zero-order valence-electron chi connectivity index (χ0n) is 13.3. The van der Waals surface area contributed by atoms with Crippen LogP contribution in [-0.2, 0) is 5.75 Å². The zero-order chi connectivity index (χ0) is 17.1. The van der Waals surface area contributed by atoms with Crippen LogP contribution in [0.25, 0.3) is 11.2 Å². The maximum absolute atomic E-state index is 12.1. The Bertz CT molecular complexity index is 951. The third-order valence-electron chi connectivity index (χ3n) is 3.22. The van der Waals surface area contributed by atoms with Crippen molar-refractivity contribution < 1.29 is 0 Å². The number of fused-ring (bicyclic) bond motifs is 1. The number of nitrogens with one attached hydrogen (secondary N) is 3. The minimum absolute atomic E-state index is 0.162. The number of imidazole rings is 1. The van der Waals surface area contributed by atoms with E-state index in [4.69, 9.17) is 5.26 Å². The monoisotopic (exact) mass is 340 g/mol. The van der Waals surface area contributed by atoms with Crippen molar-refractivity contribution in [1.82, 2.24) is 19.9 Å². The molecule has 0 radical (unpaired) electrons. The summed E-state index contributed by atoms with van der Waals surface area (Å²) in [5.41, 5.74) is 2.22. The molecule has 2 heterocycles. The smallest absolute Gasteiger partial charge is 0.278 e. The van der Waals surface area contributed by atoms with Gasteiger partial charge in [-0.05, 0) is 31.5 Å². The van der Waals surface area contributed by atoms with Gasteiger partial charge in [0.25, 0.3) is 5.56 Å². The normalized spacial score (nSPS) is 10.9. The molecule has 3 rings (SSSR count). The summed E-state index contributed by atoms with van der Waals surface area (Å²) in [5.74, 6) is 1.10. The molecule has 0 atom stereocenters. The summed E-state index contributed by atoms with van der Waals surface area (Å²) in [7, 11) is 0. The SMILES string of the molecule is CC(C)Nc1nc2nc(SCc3ccc(C#N)cc3)[nH]c2c(=O)[nH]1. The van der Waals surface area contributed by atoms with Crippen LogP contribution < -0.4 is 10.9 Å². The van der Waals surface area contributed by atoms with E-state index in [2.05, 4.69) is 31.3 Å². The molecule has 0 amide bonds. The van der Waals surface area contributed by atoms with Gasteiger partial charge in [-0.15, -0.1) is 0 Å². The molecule has 0 fully saturated rings. The van der Waals surface area contributed by atoms with E-state index in [9.17, 15) is 4.79 Å². The molecular weight excluding hydrogens is 324 g/mol. The third-order valence-corrected chi connectivity index (χ3v) is 4.17. The van der Waals surface area contributed by atoms with Crippen molar-refractivity contribution in [3.63, 3.8) is 0 Å². The quantitative estimate of drug-likeness (QED) is 0.616. The number of H-pyrrole nitrogens is 2. The van der Waals surface area contributed by atoms with Gasteiger partial charge in [0.2, 0.25) is 5.95 Å². The van der Waals surface area contributed by atoms with Gasteiger partial charge in [-0.25, -0.2) is 4.98 Å². The van der Waals surface area contributed by atoms with Crippen LogP contribution in [0.3, 0.4) is 0 Å². The fourth-order valence-corrected chi connectivity index (χ4v) is 2.94. The Morgan fingerprint density at radius 3 is 2.67 bits per heavy atom. The Morgan fingerprint density at radius 1 is 1.25 bits per heavy atom. The topological polar surface area (TPSA) is 110 Å². The minimum Gasteiger partial charge on any atom is -0.354 e. The molecule has 3 aromatic rings. The van der Waals surface area contributed by atoms with Gasteiger partial charge in [0.15, 0.2) is 16.3 Å². The second-order valence-electron chi connectivity index (χ2n) is 5.55. The van der Waals surface area contributed by atoms with Crippen LogP contribution in [0.5, 0.6) is 0 Å². The highest BCUT2D eigenvalue weighted by Gasteiger charge is 2.11. The average molecular weight is 340 g/mol. The number of benzene rings is 1. The van der Waals surface area contributed by atoms with Crippen LogP contribution in [0.4, 0.5) is 5.95 Å². The van der Waals surface area contributed by atoms with Gasteiger partial charge >= 0.3 is 0 Å². The van der Waals surface area contributed by atoms with E-state index in [-0.39, 0.29) is 11.6 Å². The molecule has 24 heavy (non-hydrogen) atoms. The van der Waals surface area contributed by atoms with E-state index in [0.29, 0.717) is 33.6 Å². The molecule has 0 saturated heterocycles. The highest BCUT2D eigenvalue weighted by Crippen LogP contribution is 2.21. The molecule has 8 heteroatoms.